The maximum atomic E-state index is 14.4. The molecule has 154 valence electrons. The molecule has 0 aromatic heterocycles. The second kappa shape index (κ2) is 7.12. The number of nitrogens with two attached hydrogens (primary N) is 1. The summed E-state index contributed by atoms with van der Waals surface area (Å²) in [6, 6.07) is 2.12. The Morgan fingerprint density at radius 2 is 2.11 bits per heavy atom. The topological polar surface area (TPSA) is 102 Å². The highest BCUT2D eigenvalue weighted by Crippen LogP contribution is 2.47. The van der Waals surface area contributed by atoms with E-state index in [4.69, 9.17) is 22.1 Å². The van der Waals surface area contributed by atoms with Crippen LogP contribution in [0.1, 0.15) is 42.5 Å². The minimum absolute atomic E-state index is 0.0604. The number of carbonyl (C=O) groups is 1. The van der Waals surface area contributed by atoms with Gasteiger partial charge in [-0.1, -0.05) is 24.4 Å². The molecular formula is C18H23ClFN3O4S. The van der Waals surface area contributed by atoms with Gasteiger partial charge < -0.3 is 10.5 Å². The average Bonchev–Trinajstić information content (AvgIpc) is 3.00. The van der Waals surface area contributed by atoms with Crippen LogP contribution < -0.4 is 15.2 Å². The van der Waals surface area contributed by atoms with Crippen LogP contribution in [-0.4, -0.2) is 43.9 Å². The number of benzene rings is 1. The van der Waals surface area contributed by atoms with Gasteiger partial charge in [-0.15, -0.1) is 0 Å². The largest absolute Gasteiger partial charge is 0.492 e. The first-order valence-corrected chi connectivity index (χ1v) is 11.2. The van der Waals surface area contributed by atoms with Gasteiger partial charge in [-0.3, -0.25) is 4.79 Å². The van der Waals surface area contributed by atoms with Gasteiger partial charge in [0.1, 0.15) is 11.6 Å². The standard InChI is InChI=1S/C18H23ClFN3O4S/c19-14-5-13(15(20)6-16(14)27-9-11-3-1-2-4-11)17(24)22-28(25,26)23-8-12-7-18(12,21)10-23/h5-6,11-12H,1-4,7-10,21H2,(H,22,24)/t12-,18-/m1/s1. The molecule has 2 atom stereocenters. The van der Waals surface area contributed by atoms with Gasteiger partial charge in [0.2, 0.25) is 0 Å². The van der Waals surface area contributed by atoms with E-state index < -0.39 is 33.0 Å². The number of amides is 1. The lowest BCUT2D eigenvalue weighted by atomic mass is 10.1. The normalized spacial score (nSPS) is 27.6. The van der Waals surface area contributed by atoms with Gasteiger partial charge in [0.05, 0.1) is 17.2 Å². The first-order chi connectivity index (χ1) is 13.2. The smallest absolute Gasteiger partial charge is 0.304 e. The Morgan fingerprint density at radius 3 is 2.75 bits per heavy atom. The van der Waals surface area contributed by atoms with Crippen molar-refractivity contribution >= 4 is 27.7 Å². The minimum Gasteiger partial charge on any atom is -0.492 e. The Labute approximate surface area is 168 Å². The summed E-state index contributed by atoms with van der Waals surface area (Å²) in [4.78, 5) is 12.4. The maximum Gasteiger partial charge on any atom is 0.304 e. The molecule has 0 spiro atoms. The van der Waals surface area contributed by atoms with E-state index in [1.165, 1.54) is 0 Å². The zero-order valence-corrected chi connectivity index (χ0v) is 16.9. The lowest BCUT2D eigenvalue weighted by Crippen LogP contribution is -2.45. The van der Waals surface area contributed by atoms with Crippen molar-refractivity contribution < 1.29 is 22.3 Å². The summed E-state index contributed by atoms with van der Waals surface area (Å²) in [6.45, 7) is 0.851. The van der Waals surface area contributed by atoms with E-state index in [1.807, 2.05) is 4.72 Å². The number of fused-ring (bicyclic) bond motifs is 1. The van der Waals surface area contributed by atoms with Crippen molar-refractivity contribution in [3.05, 3.63) is 28.5 Å². The van der Waals surface area contributed by atoms with E-state index in [0.29, 0.717) is 12.5 Å². The van der Waals surface area contributed by atoms with E-state index in [2.05, 4.69) is 0 Å². The van der Waals surface area contributed by atoms with Crippen molar-refractivity contribution in [2.45, 2.75) is 37.6 Å². The van der Waals surface area contributed by atoms with E-state index in [-0.39, 0.29) is 29.8 Å². The van der Waals surface area contributed by atoms with Crippen molar-refractivity contribution in [3.8, 4) is 5.75 Å². The van der Waals surface area contributed by atoms with E-state index in [9.17, 15) is 17.6 Å². The number of rotatable bonds is 6. The van der Waals surface area contributed by atoms with Crippen molar-refractivity contribution in [1.29, 1.82) is 0 Å². The van der Waals surface area contributed by atoms with E-state index in [0.717, 1.165) is 48.5 Å². The summed E-state index contributed by atoms with van der Waals surface area (Å²) < 4.78 is 47.9. The molecule has 2 saturated carbocycles. The highest BCUT2D eigenvalue weighted by molar-refractivity contribution is 7.87. The number of hydrogen-bond acceptors (Lipinski definition) is 5. The van der Waals surface area contributed by atoms with Gasteiger partial charge >= 0.3 is 10.2 Å². The average molecular weight is 432 g/mol. The summed E-state index contributed by atoms with van der Waals surface area (Å²) in [5, 5.41) is 0.0604. The highest BCUT2D eigenvalue weighted by Gasteiger charge is 2.59. The Bertz CT molecular complexity index is 906. The number of carbonyl (C=O) groups excluding carboxylic acids is 1. The van der Waals surface area contributed by atoms with Crippen LogP contribution in [0.5, 0.6) is 5.75 Å². The van der Waals surface area contributed by atoms with Gasteiger partial charge in [-0.05, 0) is 37.2 Å². The monoisotopic (exact) mass is 431 g/mol. The Morgan fingerprint density at radius 1 is 1.39 bits per heavy atom. The number of halogens is 2. The SMILES string of the molecule is N[C@@]12C[C@@H]1CN(S(=O)(=O)NC(=O)c1cc(Cl)c(OCC3CCCC3)cc1F)C2. The molecule has 1 aromatic rings. The van der Waals surface area contributed by atoms with Crippen LogP contribution >= 0.6 is 11.6 Å². The van der Waals surface area contributed by atoms with Crippen LogP contribution in [0.2, 0.25) is 5.02 Å². The summed E-state index contributed by atoms with van der Waals surface area (Å²) >= 11 is 6.12. The van der Waals surface area contributed by atoms with Gasteiger partial charge in [0.15, 0.2) is 0 Å². The van der Waals surface area contributed by atoms with Gasteiger partial charge in [0, 0.05) is 24.7 Å². The third-order valence-corrected chi connectivity index (χ3v) is 7.65. The summed E-state index contributed by atoms with van der Waals surface area (Å²) in [7, 11) is -4.10. The summed E-state index contributed by atoms with van der Waals surface area (Å²) in [5.41, 5.74) is 5.06. The highest BCUT2D eigenvalue weighted by atomic mass is 35.5. The lowest BCUT2D eigenvalue weighted by Gasteiger charge is -2.19. The number of nitrogens with zero attached hydrogens (tertiary/aromatic N) is 1. The van der Waals surface area contributed by atoms with Crippen LogP contribution in [0.15, 0.2) is 12.1 Å². The first-order valence-electron chi connectivity index (χ1n) is 9.41. The number of nitrogens with one attached hydrogen (secondary N) is 1. The molecule has 7 nitrogen and oxygen atoms in total. The summed E-state index contributed by atoms with van der Waals surface area (Å²) in [5.74, 6) is -1.28. The fourth-order valence-corrected chi connectivity index (χ4v) is 5.57. The molecular weight excluding hydrogens is 409 g/mol. The van der Waals surface area contributed by atoms with Crippen molar-refractivity contribution in [2.75, 3.05) is 19.7 Å². The minimum atomic E-state index is -4.10. The molecule has 0 unspecified atom stereocenters. The zero-order chi connectivity index (χ0) is 20.1. The Balaban J connectivity index is 1.43. The molecule has 10 heteroatoms. The number of piperidine rings is 1. The van der Waals surface area contributed by atoms with Crippen LogP contribution in [0.25, 0.3) is 0 Å². The van der Waals surface area contributed by atoms with Crippen LogP contribution in [-0.2, 0) is 10.2 Å². The molecule has 3 aliphatic rings. The van der Waals surface area contributed by atoms with Crippen molar-refractivity contribution in [3.63, 3.8) is 0 Å². The van der Waals surface area contributed by atoms with Gasteiger partial charge in [0.25, 0.3) is 5.91 Å². The predicted octanol–water partition coefficient (Wildman–Crippen LogP) is 2.06. The molecule has 1 heterocycles. The third kappa shape index (κ3) is 3.85. The summed E-state index contributed by atoms with van der Waals surface area (Å²) in [6.07, 6.45) is 5.23. The molecule has 1 aromatic carbocycles. The molecule has 0 bridgehead atoms. The zero-order valence-electron chi connectivity index (χ0n) is 15.3. The van der Waals surface area contributed by atoms with Crippen LogP contribution in [0.3, 0.4) is 0 Å². The fourth-order valence-electron chi connectivity index (χ4n) is 4.10. The van der Waals surface area contributed by atoms with E-state index in [1.54, 1.807) is 0 Å². The molecule has 4 rings (SSSR count). The number of ether oxygens (including phenoxy) is 1. The lowest BCUT2D eigenvalue weighted by molar-refractivity contribution is 0.0975. The molecule has 3 N–H and O–H groups in total. The first kappa shape index (κ1) is 19.9. The quantitative estimate of drug-likeness (QED) is 0.717. The second-order valence-electron chi connectivity index (χ2n) is 8.09. The molecule has 28 heavy (non-hydrogen) atoms. The maximum absolute atomic E-state index is 14.4. The van der Waals surface area contributed by atoms with Crippen molar-refractivity contribution in [2.24, 2.45) is 17.6 Å². The van der Waals surface area contributed by atoms with Crippen LogP contribution in [0.4, 0.5) is 4.39 Å². The molecule has 3 fully saturated rings. The Hall–Kier alpha value is -1.42. The molecule has 1 amide bonds. The molecule has 2 aliphatic carbocycles. The van der Waals surface area contributed by atoms with E-state index >= 15 is 0 Å². The predicted molar refractivity (Wildman–Crippen MR) is 102 cm³/mol. The Kier molecular flexibility index (Phi) is 5.06. The number of hydrogen-bond donors (Lipinski definition) is 2. The van der Waals surface area contributed by atoms with Crippen LogP contribution in [0, 0.1) is 17.7 Å². The fraction of sp³-hybridized carbons (Fsp3) is 0.611. The third-order valence-electron chi connectivity index (χ3n) is 5.95. The molecule has 1 aliphatic heterocycles. The molecule has 1 saturated heterocycles. The van der Waals surface area contributed by atoms with Gasteiger partial charge in [-0.25, -0.2) is 9.11 Å². The van der Waals surface area contributed by atoms with Crippen molar-refractivity contribution in [1.82, 2.24) is 9.03 Å². The second-order valence-corrected chi connectivity index (χ2v) is 10.2. The van der Waals surface area contributed by atoms with Gasteiger partial charge in [-0.2, -0.15) is 12.7 Å². The molecule has 0 radical (unpaired) electrons.